The number of carbonyl (C=O) groups excluding carboxylic acids is 1. The van der Waals surface area contributed by atoms with Gasteiger partial charge < -0.3 is 5.32 Å². The van der Waals surface area contributed by atoms with Gasteiger partial charge >= 0.3 is 0 Å². The molecule has 1 aromatic heterocycles. The molecular formula is C17H23N3O. The van der Waals surface area contributed by atoms with Crippen LogP contribution in [0.3, 0.4) is 0 Å². The molecule has 112 valence electrons. The second-order valence-electron chi connectivity index (χ2n) is 5.69. The molecular weight excluding hydrogens is 262 g/mol. The Morgan fingerprint density at radius 1 is 1.29 bits per heavy atom. The maximum atomic E-state index is 12.4. The van der Waals surface area contributed by atoms with Crippen LogP contribution in [0.25, 0.3) is 0 Å². The summed E-state index contributed by atoms with van der Waals surface area (Å²) in [7, 11) is 0. The van der Waals surface area contributed by atoms with Crippen molar-refractivity contribution in [3.05, 3.63) is 52.8 Å². The number of hydrogen-bond donors (Lipinski definition) is 2. The third-order valence-corrected chi connectivity index (χ3v) is 4.15. The molecule has 1 aromatic carbocycles. The molecule has 4 nitrogen and oxygen atoms in total. The number of amides is 1. The summed E-state index contributed by atoms with van der Waals surface area (Å²) in [6.45, 7) is 8.01. The first-order valence-electron chi connectivity index (χ1n) is 7.33. The van der Waals surface area contributed by atoms with Crippen LogP contribution in [0.5, 0.6) is 0 Å². The first-order chi connectivity index (χ1) is 9.96. The van der Waals surface area contributed by atoms with Crippen molar-refractivity contribution in [3.8, 4) is 0 Å². The Balaban J connectivity index is 2.14. The van der Waals surface area contributed by atoms with Gasteiger partial charge in [0.05, 0.1) is 17.7 Å². The van der Waals surface area contributed by atoms with Crippen molar-refractivity contribution >= 4 is 5.91 Å². The minimum absolute atomic E-state index is 0.0239. The van der Waals surface area contributed by atoms with E-state index < -0.39 is 0 Å². The number of rotatable bonds is 5. The summed E-state index contributed by atoms with van der Waals surface area (Å²) < 4.78 is 0. The van der Waals surface area contributed by atoms with Gasteiger partial charge in [0.1, 0.15) is 0 Å². The van der Waals surface area contributed by atoms with Crippen molar-refractivity contribution in [3.63, 3.8) is 0 Å². The normalized spacial score (nSPS) is 13.7. The summed E-state index contributed by atoms with van der Waals surface area (Å²) in [5.74, 6) is 0.0239. The molecule has 2 N–H and O–H groups in total. The number of carbonyl (C=O) groups is 1. The maximum absolute atomic E-state index is 12.4. The molecule has 0 saturated heterocycles. The van der Waals surface area contributed by atoms with Crippen molar-refractivity contribution in [1.29, 1.82) is 0 Å². The first-order valence-corrected chi connectivity index (χ1v) is 7.33. The molecule has 0 spiro atoms. The van der Waals surface area contributed by atoms with Crippen LogP contribution in [0.2, 0.25) is 0 Å². The lowest BCUT2D eigenvalue weighted by Gasteiger charge is -2.30. The van der Waals surface area contributed by atoms with Gasteiger partial charge in [-0.3, -0.25) is 9.89 Å². The van der Waals surface area contributed by atoms with Gasteiger partial charge in [-0.15, -0.1) is 0 Å². The Bertz CT molecular complexity index is 599. The van der Waals surface area contributed by atoms with E-state index >= 15 is 0 Å². The van der Waals surface area contributed by atoms with Gasteiger partial charge in [0.15, 0.2) is 0 Å². The summed E-state index contributed by atoms with van der Waals surface area (Å²) in [5.41, 5.74) is 3.62. The Morgan fingerprint density at radius 3 is 2.48 bits per heavy atom. The van der Waals surface area contributed by atoms with E-state index in [1.807, 2.05) is 32.0 Å². The fraction of sp³-hybridized carbons (Fsp3) is 0.412. The highest BCUT2D eigenvalue weighted by Crippen LogP contribution is 2.24. The van der Waals surface area contributed by atoms with Crippen molar-refractivity contribution in [1.82, 2.24) is 15.5 Å². The van der Waals surface area contributed by atoms with E-state index in [0.29, 0.717) is 6.42 Å². The number of hydrogen-bond acceptors (Lipinski definition) is 2. The first kappa shape index (κ1) is 15.3. The molecule has 2 rings (SSSR count). The number of aromatic amines is 1. The predicted octanol–water partition coefficient (Wildman–Crippen LogP) is 3.01. The highest BCUT2D eigenvalue weighted by Gasteiger charge is 2.26. The monoisotopic (exact) mass is 285 g/mol. The zero-order chi connectivity index (χ0) is 15.5. The van der Waals surface area contributed by atoms with Crippen LogP contribution in [-0.2, 0) is 16.8 Å². The van der Waals surface area contributed by atoms with Gasteiger partial charge in [0.25, 0.3) is 0 Å². The van der Waals surface area contributed by atoms with Crippen molar-refractivity contribution in [2.75, 3.05) is 0 Å². The molecule has 1 heterocycles. The summed E-state index contributed by atoms with van der Waals surface area (Å²) in [6, 6.07) is 10.1. The fourth-order valence-corrected chi connectivity index (χ4v) is 2.52. The second kappa shape index (κ2) is 6.12. The number of aryl methyl sites for hydroxylation is 2. The Labute approximate surface area is 126 Å². The van der Waals surface area contributed by atoms with E-state index in [-0.39, 0.29) is 11.4 Å². The fourth-order valence-electron chi connectivity index (χ4n) is 2.52. The molecule has 0 aliphatic carbocycles. The minimum Gasteiger partial charge on any atom is -0.347 e. The SMILES string of the molecule is CCC(C)(NC(=O)Cc1c(C)n[nH]c1C)c1ccccc1. The van der Waals surface area contributed by atoms with Crippen LogP contribution in [0.4, 0.5) is 0 Å². The quantitative estimate of drug-likeness (QED) is 0.887. The van der Waals surface area contributed by atoms with E-state index in [4.69, 9.17) is 0 Å². The smallest absolute Gasteiger partial charge is 0.225 e. The highest BCUT2D eigenvalue weighted by atomic mass is 16.1. The lowest BCUT2D eigenvalue weighted by molar-refractivity contribution is -0.122. The van der Waals surface area contributed by atoms with Gasteiger partial charge in [0.2, 0.25) is 5.91 Å². The number of benzene rings is 1. The summed E-state index contributed by atoms with van der Waals surface area (Å²) in [5, 5.41) is 10.2. The molecule has 21 heavy (non-hydrogen) atoms. The number of nitrogens with zero attached hydrogens (tertiary/aromatic N) is 1. The van der Waals surface area contributed by atoms with Crippen molar-refractivity contribution in [2.45, 2.75) is 46.1 Å². The molecule has 1 atom stereocenters. The van der Waals surface area contributed by atoms with Gasteiger partial charge in [-0.2, -0.15) is 5.10 Å². The largest absolute Gasteiger partial charge is 0.347 e. The predicted molar refractivity (Wildman–Crippen MR) is 84.0 cm³/mol. The zero-order valence-electron chi connectivity index (χ0n) is 13.2. The van der Waals surface area contributed by atoms with E-state index in [1.165, 1.54) is 0 Å². The molecule has 0 radical (unpaired) electrons. The Morgan fingerprint density at radius 2 is 1.95 bits per heavy atom. The minimum atomic E-state index is -0.343. The number of aromatic nitrogens is 2. The van der Waals surface area contributed by atoms with Crippen molar-refractivity contribution in [2.24, 2.45) is 0 Å². The average molecular weight is 285 g/mol. The second-order valence-corrected chi connectivity index (χ2v) is 5.69. The maximum Gasteiger partial charge on any atom is 0.225 e. The summed E-state index contributed by atoms with van der Waals surface area (Å²) in [6.07, 6.45) is 1.20. The third kappa shape index (κ3) is 3.32. The lowest BCUT2D eigenvalue weighted by Crippen LogP contribution is -2.43. The van der Waals surface area contributed by atoms with E-state index in [2.05, 4.69) is 41.5 Å². The van der Waals surface area contributed by atoms with Crippen LogP contribution in [-0.4, -0.2) is 16.1 Å². The molecule has 1 amide bonds. The van der Waals surface area contributed by atoms with Gasteiger partial charge in [-0.05, 0) is 32.8 Å². The summed E-state index contributed by atoms with van der Waals surface area (Å²) >= 11 is 0. The lowest BCUT2D eigenvalue weighted by atomic mass is 9.89. The van der Waals surface area contributed by atoms with Crippen LogP contribution < -0.4 is 5.32 Å². The molecule has 0 fully saturated rings. The molecule has 2 aromatic rings. The zero-order valence-corrected chi connectivity index (χ0v) is 13.2. The number of nitrogens with one attached hydrogen (secondary N) is 2. The summed E-state index contributed by atoms with van der Waals surface area (Å²) in [4.78, 5) is 12.4. The molecule has 0 aliphatic rings. The van der Waals surface area contributed by atoms with Gasteiger partial charge in [-0.25, -0.2) is 0 Å². The van der Waals surface area contributed by atoms with Crippen LogP contribution >= 0.6 is 0 Å². The Hall–Kier alpha value is -2.10. The van der Waals surface area contributed by atoms with E-state index in [0.717, 1.165) is 28.9 Å². The highest BCUT2D eigenvalue weighted by molar-refractivity contribution is 5.80. The molecule has 4 heteroatoms. The van der Waals surface area contributed by atoms with Crippen molar-refractivity contribution < 1.29 is 4.79 Å². The standard InChI is InChI=1S/C17H23N3O/c1-5-17(4,14-9-7-6-8-10-14)18-16(21)11-15-12(2)19-20-13(15)3/h6-10H,5,11H2,1-4H3,(H,18,21)(H,19,20). The van der Waals surface area contributed by atoms with Crippen LogP contribution in [0, 0.1) is 13.8 Å². The Kier molecular flexibility index (Phi) is 4.46. The van der Waals surface area contributed by atoms with E-state index in [1.54, 1.807) is 0 Å². The average Bonchev–Trinajstić information content (AvgIpc) is 2.80. The van der Waals surface area contributed by atoms with Crippen LogP contribution in [0.15, 0.2) is 30.3 Å². The third-order valence-electron chi connectivity index (χ3n) is 4.15. The van der Waals surface area contributed by atoms with Gasteiger partial charge in [-0.1, -0.05) is 37.3 Å². The van der Waals surface area contributed by atoms with E-state index in [9.17, 15) is 4.79 Å². The molecule has 0 aliphatic heterocycles. The van der Waals surface area contributed by atoms with Crippen LogP contribution in [0.1, 0.15) is 42.8 Å². The molecule has 0 saturated carbocycles. The topological polar surface area (TPSA) is 57.8 Å². The van der Waals surface area contributed by atoms with Gasteiger partial charge in [0, 0.05) is 11.3 Å². The molecule has 1 unspecified atom stereocenters. The number of H-pyrrole nitrogens is 1. The molecule has 0 bridgehead atoms.